The van der Waals surface area contributed by atoms with Crippen molar-refractivity contribution in [2.75, 3.05) is 0 Å². The number of nitrogens with zero attached hydrogens (tertiary/aromatic N) is 3. The number of aromatic nitrogens is 4. The van der Waals surface area contributed by atoms with Crippen LogP contribution in [0.25, 0.3) is 10.7 Å². The smallest absolute Gasteiger partial charge is 0.195 e. The third-order valence-corrected chi connectivity index (χ3v) is 3.92. The van der Waals surface area contributed by atoms with Crippen molar-refractivity contribution in [2.24, 2.45) is 5.92 Å². The van der Waals surface area contributed by atoms with Crippen LogP contribution in [0.5, 0.6) is 0 Å². The minimum atomic E-state index is 0.00552. The van der Waals surface area contributed by atoms with Gasteiger partial charge in [-0.2, -0.15) is 5.10 Å². The molecule has 2 rings (SSSR count). The minimum Gasteiger partial charge on any atom is -0.299 e. The van der Waals surface area contributed by atoms with Crippen LogP contribution in [0.4, 0.5) is 0 Å². The van der Waals surface area contributed by atoms with Gasteiger partial charge in [0, 0.05) is 12.0 Å². The molecule has 0 amide bonds. The van der Waals surface area contributed by atoms with Gasteiger partial charge < -0.3 is 0 Å². The highest BCUT2D eigenvalue weighted by Gasteiger charge is 2.24. The van der Waals surface area contributed by atoms with Crippen molar-refractivity contribution in [1.82, 2.24) is 19.7 Å². The highest BCUT2D eigenvalue weighted by atomic mass is 32.1. The first-order valence-electron chi connectivity index (χ1n) is 6.40. The highest BCUT2D eigenvalue weighted by Crippen LogP contribution is 2.34. The SMILES string of the molecule is CC(C)Cn1c(-c2scnc2C(C)(C)C)n[nH]c1=S. The molecular weight excluding hydrogens is 276 g/mol. The standard InChI is InChI=1S/C13H20N4S2/c1-8(2)6-17-11(15-16-12(17)18)9-10(13(3,4)5)14-7-19-9/h7-8H,6H2,1-5H3,(H,16,18). The normalized spacial score (nSPS) is 12.3. The summed E-state index contributed by atoms with van der Waals surface area (Å²) in [4.78, 5) is 5.62. The Morgan fingerprint density at radius 2 is 2.11 bits per heavy atom. The summed E-state index contributed by atoms with van der Waals surface area (Å²) in [6.07, 6.45) is 0. The lowest BCUT2D eigenvalue weighted by atomic mass is 9.91. The lowest BCUT2D eigenvalue weighted by molar-refractivity contribution is 0.520. The van der Waals surface area contributed by atoms with Gasteiger partial charge in [0.15, 0.2) is 10.6 Å². The second-order valence-corrected chi connectivity index (χ2v) is 7.38. The van der Waals surface area contributed by atoms with Crippen molar-refractivity contribution >= 4 is 23.6 Å². The van der Waals surface area contributed by atoms with Gasteiger partial charge in [-0.15, -0.1) is 11.3 Å². The number of thiazole rings is 1. The van der Waals surface area contributed by atoms with E-state index in [1.54, 1.807) is 11.3 Å². The summed E-state index contributed by atoms with van der Waals surface area (Å²) in [5.41, 5.74) is 2.97. The molecule has 0 fully saturated rings. The molecule has 0 atom stereocenters. The fourth-order valence-electron chi connectivity index (χ4n) is 1.96. The Hall–Kier alpha value is -1.01. The maximum absolute atomic E-state index is 5.33. The molecule has 2 aromatic rings. The quantitative estimate of drug-likeness (QED) is 0.870. The number of nitrogens with one attached hydrogen (secondary N) is 1. The van der Waals surface area contributed by atoms with Crippen molar-refractivity contribution < 1.29 is 0 Å². The highest BCUT2D eigenvalue weighted by molar-refractivity contribution is 7.71. The van der Waals surface area contributed by atoms with Gasteiger partial charge in [0.25, 0.3) is 0 Å². The second-order valence-electron chi connectivity index (χ2n) is 6.14. The molecular formula is C13H20N4S2. The van der Waals surface area contributed by atoms with Crippen LogP contribution in [0.15, 0.2) is 5.51 Å². The summed E-state index contributed by atoms with van der Waals surface area (Å²) in [6, 6.07) is 0. The Kier molecular flexibility index (Phi) is 3.92. The number of rotatable bonds is 3. The van der Waals surface area contributed by atoms with E-state index in [1.807, 2.05) is 5.51 Å². The third-order valence-electron chi connectivity index (χ3n) is 2.79. The van der Waals surface area contributed by atoms with E-state index in [4.69, 9.17) is 12.2 Å². The molecule has 0 saturated carbocycles. The molecule has 2 heterocycles. The van der Waals surface area contributed by atoms with Crippen LogP contribution < -0.4 is 0 Å². The molecule has 0 spiro atoms. The van der Waals surface area contributed by atoms with Crippen molar-refractivity contribution in [3.8, 4) is 10.7 Å². The predicted molar refractivity (Wildman–Crippen MR) is 82.1 cm³/mol. The summed E-state index contributed by atoms with van der Waals surface area (Å²) in [5.74, 6) is 1.43. The van der Waals surface area contributed by atoms with Gasteiger partial charge in [-0.3, -0.25) is 9.67 Å². The fourth-order valence-corrected chi connectivity index (χ4v) is 3.17. The Balaban J connectivity index is 2.55. The number of aromatic amines is 1. The van der Waals surface area contributed by atoms with Gasteiger partial charge >= 0.3 is 0 Å². The lowest BCUT2D eigenvalue weighted by Crippen LogP contribution is -2.14. The van der Waals surface area contributed by atoms with E-state index < -0.39 is 0 Å². The van der Waals surface area contributed by atoms with Crippen LogP contribution in [-0.4, -0.2) is 19.7 Å². The Morgan fingerprint density at radius 1 is 1.42 bits per heavy atom. The van der Waals surface area contributed by atoms with E-state index in [0.717, 1.165) is 22.9 Å². The van der Waals surface area contributed by atoms with E-state index in [0.29, 0.717) is 10.7 Å². The molecule has 6 heteroatoms. The average Bonchev–Trinajstić information content (AvgIpc) is 2.85. The molecule has 1 N–H and O–H groups in total. The summed E-state index contributed by atoms with van der Waals surface area (Å²) < 4.78 is 2.75. The molecule has 0 saturated heterocycles. The van der Waals surface area contributed by atoms with Gasteiger partial charge in [0.05, 0.1) is 16.1 Å². The first-order chi connectivity index (χ1) is 8.80. The molecule has 0 aromatic carbocycles. The van der Waals surface area contributed by atoms with Crippen molar-refractivity contribution in [1.29, 1.82) is 0 Å². The summed E-state index contributed by atoms with van der Waals surface area (Å²) in [7, 11) is 0. The van der Waals surface area contributed by atoms with E-state index in [9.17, 15) is 0 Å². The summed E-state index contributed by atoms with van der Waals surface area (Å²) >= 11 is 6.95. The fraction of sp³-hybridized carbons (Fsp3) is 0.615. The van der Waals surface area contributed by atoms with Crippen LogP contribution >= 0.6 is 23.6 Å². The third kappa shape index (κ3) is 2.95. The molecule has 0 unspecified atom stereocenters. The van der Waals surface area contributed by atoms with Crippen molar-refractivity contribution in [3.63, 3.8) is 0 Å². The largest absolute Gasteiger partial charge is 0.299 e. The lowest BCUT2D eigenvalue weighted by Gasteiger charge is -2.18. The van der Waals surface area contributed by atoms with Gasteiger partial charge in [-0.05, 0) is 18.1 Å². The van der Waals surface area contributed by atoms with E-state index in [1.165, 1.54) is 0 Å². The first kappa shape index (κ1) is 14.4. The average molecular weight is 296 g/mol. The molecule has 19 heavy (non-hydrogen) atoms. The number of hydrogen-bond donors (Lipinski definition) is 1. The molecule has 2 aromatic heterocycles. The van der Waals surface area contributed by atoms with Crippen LogP contribution in [0.3, 0.4) is 0 Å². The maximum Gasteiger partial charge on any atom is 0.195 e. The van der Waals surface area contributed by atoms with Crippen LogP contribution in [0.1, 0.15) is 40.3 Å². The molecule has 0 radical (unpaired) electrons. The Morgan fingerprint density at radius 3 is 2.68 bits per heavy atom. The maximum atomic E-state index is 5.33. The Labute approximate surface area is 122 Å². The zero-order valence-electron chi connectivity index (χ0n) is 12.0. The van der Waals surface area contributed by atoms with E-state index >= 15 is 0 Å². The number of hydrogen-bond acceptors (Lipinski definition) is 4. The Bertz CT molecular complexity index is 613. The molecule has 4 nitrogen and oxygen atoms in total. The monoisotopic (exact) mass is 296 g/mol. The zero-order chi connectivity index (χ0) is 14.2. The van der Waals surface area contributed by atoms with Gasteiger partial charge in [-0.1, -0.05) is 34.6 Å². The molecule has 0 aliphatic heterocycles. The molecule has 0 bridgehead atoms. The van der Waals surface area contributed by atoms with E-state index in [-0.39, 0.29) is 5.41 Å². The summed E-state index contributed by atoms with van der Waals surface area (Å²) in [6.45, 7) is 11.7. The molecule has 0 aliphatic rings. The van der Waals surface area contributed by atoms with Gasteiger partial charge in [-0.25, -0.2) is 4.98 Å². The number of H-pyrrole nitrogens is 1. The van der Waals surface area contributed by atoms with E-state index in [2.05, 4.69) is 54.4 Å². The second kappa shape index (κ2) is 5.17. The molecule has 104 valence electrons. The van der Waals surface area contributed by atoms with Gasteiger partial charge in [0.1, 0.15) is 0 Å². The van der Waals surface area contributed by atoms with Crippen LogP contribution in [0.2, 0.25) is 0 Å². The topological polar surface area (TPSA) is 46.5 Å². The zero-order valence-corrected chi connectivity index (χ0v) is 13.7. The summed E-state index contributed by atoms with van der Waals surface area (Å²) in [5, 5.41) is 7.31. The van der Waals surface area contributed by atoms with Gasteiger partial charge in [0.2, 0.25) is 0 Å². The predicted octanol–water partition coefficient (Wildman–Crippen LogP) is 4.02. The van der Waals surface area contributed by atoms with Crippen LogP contribution in [0, 0.1) is 10.7 Å². The van der Waals surface area contributed by atoms with Crippen molar-refractivity contribution in [3.05, 3.63) is 16.0 Å². The van der Waals surface area contributed by atoms with Crippen molar-refractivity contribution in [2.45, 2.75) is 46.6 Å². The minimum absolute atomic E-state index is 0.00552. The van der Waals surface area contributed by atoms with Crippen LogP contribution in [-0.2, 0) is 12.0 Å². The first-order valence-corrected chi connectivity index (χ1v) is 7.69. The molecule has 0 aliphatic carbocycles.